The van der Waals surface area contributed by atoms with Crippen LogP contribution in [0, 0.1) is 18.8 Å². The van der Waals surface area contributed by atoms with Crippen LogP contribution in [-0.4, -0.2) is 27.7 Å². The summed E-state index contributed by atoms with van der Waals surface area (Å²) < 4.78 is 4.49. The second-order valence-electron chi connectivity index (χ2n) is 5.59. The quantitative estimate of drug-likeness (QED) is 0.729. The van der Waals surface area contributed by atoms with Crippen molar-refractivity contribution in [2.24, 2.45) is 23.3 Å². The van der Waals surface area contributed by atoms with Gasteiger partial charge in [0, 0.05) is 0 Å². The zero-order valence-corrected chi connectivity index (χ0v) is 11.3. The first kappa shape index (κ1) is 14.5. The highest BCUT2D eigenvalue weighted by atomic mass is 16.5. The lowest BCUT2D eigenvalue weighted by atomic mass is 9.81. The highest BCUT2D eigenvalue weighted by molar-refractivity contribution is 5.88. The lowest BCUT2D eigenvalue weighted by Crippen LogP contribution is -2.55. The monoisotopic (exact) mass is 281 g/mol. The third-order valence-electron chi connectivity index (χ3n) is 4.34. The summed E-state index contributed by atoms with van der Waals surface area (Å²) in [5.41, 5.74) is 10.6. The number of aryl methyl sites for hydroxylation is 1. The van der Waals surface area contributed by atoms with E-state index < -0.39 is 11.5 Å². The number of carboxylic acids is 1. The van der Waals surface area contributed by atoms with Gasteiger partial charge < -0.3 is 21.1 Å². The van der Waals surface area contributed by atoms with Gasteiger partial charge in [0.1, 0.15) is 11.3 Å². The van der Waals surface area contributed by atoms with Crippen molar-refractivity contribution in [2.45, 2.75) is 38.1 Å². The zero-order chi connectivity index (χ0) is 14.9. The maximum atomic E-state index is 11.0. The molecule has 3 unspecified atom stereocenters. The van der Waals surface area contributed by atoms with Crippen LogP contribution in [0.4, 0.5) is 0 Å². The first-order chi connectivity index (χ1) is 9.34. The lowest BCUT2D eigenvalue weighted by molar-refractivity contribution is -0.124. The number of carbonyl (C=O) groups excluding carboxylic acids is 1. The minimum atomic E-state index is -1.01. The highest BCUT2D eigenvalue weighted by Gasteiger charge is 2.52. The van der Waals surface area contributed by atoms with Crippen LogP contribution in [0.3, 0.4) is 0 Å². The van der Waals surface area contributed by atoms with E-state index in [0.717, 1.165) is 19.3 Å². The number of hydrogen-bond donors (Lipinski definition) is 3. The van der Waals surface area contributed by atoms with E-state index in [2.05, 4.69) is 9.68 Å². The summed E-state index contributed by atoms with van der Waals surface area (Å²) in [5, 5.41) is 11.6. The van der Waals surface area contributed by atoms with Crippen molar-refractivity contribution in [1.82, 2.24) is 5.16 Å². The van der Waals surface area contributed by atoms with Crippen molar-refractivity contribution in [2.75, 3.05) is 0 Å². The van der Waals surface area contributed by atoms with Crippen LogP contribution in [0.25, 0.3) is 0 Å². The largest absolute Gasteiger partial charge is 0.478 e. The normalized spacial score (nSPS) is 30.7. The molecule has 1 aromatic heterocycles. The number of amides is 1. The number of primary amides is 1. The lowest BCUT2D eigenvalue weighted by Gasteiger charge is -2.29. The molecular formula is C13H19N3O4. The molecule has 0 saturated heterocycles. The molecule has 2 aliphatic rings. The van der Waals surface area contributed by atoms with Crippen LogP contribution >= 0.6 is 0 Å². The number of carbonyl (C=O) groups is 2. The molecule has 3 rings (SSSR count). The highest BCUT2D eigenvalue weighted by Crippen LogP contribution is 2.49. The summed E-state index contributed by atoms with van der Waals surface area (Å²) in [7, 11) is 0. The number of aromatic nitrogens is 1. The second-order valence-corrected chi connectivity index (χ2v) is 5.59. The molecule has 5 N–H and O–H groups in total. The average Bonchev–Trinajstić information content (AvgIpc) is 3.04. The van der Waals surface area contributed by atoms with Gasteiger partial charge in [-0.05, 0) is 38.0 Å². The Balaban J connectivity index is 0.000000151. The molecule has 0 aliphatic heterocycles. The summed E-state index contributed by atoms with van der Waals surface area (Å²) in [6, 6.07) is 0. The van der Waals surface area contributed by atoms with E-state index in [-0.39, 0.29) is 11.5 Å². The van der Waals surface area contributed by atoms with E-state index in [1.165, 1.54) is 12.6 Å². The van der Waals surface area contributed by atoms with Crippen molar-refractivity contribution in [3.63, 3.8) is 0 Å². The summed E-state index contributed by atoms with van der Waals surface area (Å²) in [4.78, 5) is 21.2. The molecule has 2 fully saturated rings. The fraction of sp³-hybridized carbons (Fsp3) is 0.615. The number of nitrogens with zero attached hydrogens (tertiary/aromatic N) is 1. The van der Waals surface area contributed by atoms with Gasteiger partial charge in [-0.2, -0.15) is 0 Å². The summed E-state index contributed by atoms with van der Waals surface area (Å²) >= 11 is 0. The third-order valence-corrected chi connectivity index (χ3v) is 4.34. The van der Waals surface area contributed by atoms with Gasteiger partial charge in [-0.1, -0.05) is 11.6 Å². The van der Waals surface area contributed by atoms with E-state index in [1.807, 2.05) is 0 Å². The van der Waals surface area contributed by atoms with Gasteiger partial charge in [-0.25, -0.2) is 4.79 Å². The predicted octanol–water partition coefficient (Wildman–Crippen LogP) is 0.670. The van der Waals surface area contributed by atoms with Crippen LogP contribution in [0.2, 0.25) is 0 Å². The molecule has 3 atom stereocenters. The van der Waals surface area contributed by atoms with Gasteiger partial charge >= 0.3 is 5.97 Å². The predicted molar refractivity (Wildman–Crippen MR) is 69.8 cm³/mol. The van der Waals surface area contributed by atoms with Crippen molar-refractivity contribution in [3.8, 4) is 0 Å². The molecule has 2 bridgehead atoms. The van der Waals surface area contributed by atoms with Gasteiger partial charge in [0.2, 0.25) is 5.91 Å². The van der Waals surface area contributed by atoms with Crippen molar-refractivity contribution >= 4 is 11.9 Å². The van der Waals surface area contributed by atoms with E-state index >= 15 is 0 Å². The molecule has 20 heavy (non-hydrogen) atoms. The third kappa shape index (κ3) is 2.53. The first-order valence-electron chi connectivity index (χ1n) is 6.58. The maximum Gasteiger partial charge on any atom is 0.340 e. The van der Waals surface area contributed by atoms with Crippen molar-refractivity contribution < 1.29 is 19.2 Å². The molecule has 0 aromatic carbocycles. The van der Waals surface area contributed by atoms with Crippen LogP contribution in [-0.2, 0) is 4.79 Å². The van der Waals surface area contributed by atoms with E-state index in [1.54, 1.807) is 6.92 Å². The Hall–Kier alpha value is -1.89. The molecule has 1 amide bonds. The van der Waals surface area contributed by atoms with Crippen LogP contribution in [0.1, 0.15) is 41.8 Å². The summed E-state index contributed by atoms with van der Waals surface area (Å²) in [6.45, 7) is 1.55. The molecule has 0 spiro atoms. The molecule has 2 aliphatic carbocycles. The minimum absolute atomic E-state index is 0.120. The molecular weight excluding hydrogens is 262 g/mol. The van der Waals surface area contributed by atoms with Gasteiger partial charge in [-0.15, -0.1) is 0 Å². The Kier molecular flexibility index (Phi) is 3.80. The molecule has 7 heteroatoms. The fourth-order valence-electron chi connectivity index (χ4n) is 3.18. The Morgan fingerprint density at radius 3 is 2.45 bits per heavy atom. The second kappa shape index (κ2) is 5.24. The SMILES string of the molecule is Cc1oncc1C(=O)O.NC(=O)C1(N)CC2CCC1C2. The topological polar surface area (TPSA) is 132 Å². The molecule has 110 valence electrons. The maximum absolute atomic E-state index is 11.0. The summed E-state index contributed by atoms with van der Waals surface area (Å²) in [6.07, 6.45) is 5.48. The first-order valence-corrected chi connectivity index (χ1v) is 6.58. The fourth-order valence-corrected chi connectivity index (χ4v) is 3.18. The van der Waals surface area contributed by atoms with E-state index in [4.69, 9.17) is 16.6 Å². The number of aromatic carboxylic acids is 1. The minimum Gasteiger partial charge on any atom is -0.478 e. The smallest absolute Gasteiger partial charge is 0.340 e. The standard InChI is InChI=1S/C8H14N2O.C5H5NO3/c9-7(11)8(10)4-5-1-2-6(8)3-5;1-3-4(5(7)8)2-6-9-3/h5-6H,1-4,10H2,(H2,9,11);2H,1H3,(H,7,8). The Morgan fingerprint density at radius 2 is 2.20 bits per heavy atom. The molecule has 1 aromatic rings. The van der Waals surface area contributed by atoms with Gasteiger partial charge in [0.05, 0.1) is 11.7 Å². The number of fused-ring (bicyclic) bond motifs is 2. The molecule has 1 heterocycles. The number of rotatable bonds is 2. The zero-order valence-electron chi connectivity index (χ0n) is 11.3. The molecule has 7 nitrogen and oxygen atoms in total. The van der Waals surface area contributed by atoms with Gasteiger partial charge in [0.25, 0.3) is 0 Å². The van der Waals surface area contributed by atoms with Crippen LogP contribution in [0.5, 0.6) is 0 Å². The number of nitrogens with two attached hydrogens (primary N) is 2. The van der Waals surface area contributed by atoms with Crippen molar-refractivity contribution in [3.05, 3.63) is 17.5 Å². The molecule has 0 radical (unpaired) electrons. The van der Waals surface area contributed by atoms with E-state index in [9.17, 15) is 9.59 Å². The number of hydrogen-bond acceptors (Lipinski definition) is 5. The number of carboxylic acid groups (broad SMARTS) is 1. The molecule has 2 saturated carbocycles. The summed E-state index contributed by atoms with van der Waals surface area (Å²) in [5.74, 6) is 0.0865. The Morgan fingerprint density at radius 1 is 1.50 bits per heavy atom. The average molecular weight is 281 g/mol. The Bertz CT molecular complexity index is 527. The van der Waals surface area contributed by atoms with Crippen LogP contribution in [0.15, 0.2) is 10.7 Å². The van der Waals surface area contributed by atoms with Gasteiger partial charge in [0.15, 0.2) is 0 Å². The van der Waals surface area contributed by atoms with Crippen LogP contribution < -0.4 is 11.5 Å². The Labute approximate surface area is 116 Å². The van der Waals surface area contributed by atoms with E-state index in [0.29, 0.717) is 17.6 Å². The van der Waals surface area contributed by atoms with Gasteiger partial charge in [-0.3, -0.25) is 4.79 Å². The van der Waals surface area contributed by atoms with Crippen molar-refractivity contribution in [1.29, 1.82) is 0 Å².